The van der Waals surface area contributed by atoms with Gasteiger partial charge >= 0.3 is 0 Å². The highest BCUT2D eigenvalue weighted by molar-refractivity contribution is 4.79. The summed E-state index contributed by atoms with van der Waals surface area (Å²) in [6.45, 7) is 4.69. The van der Waals surface area contributed by atoms with Gasteiger partial charge in [0.15, 0.2) is 0 Å². The number of hydrogen-bond donors (Lipinski definition) is 0. The fraction of sp³-hybridized carbons (Fsp3) is 1.00. The molecule has 1 nitrogen and oxygen atoms in total. The van der Waals surface area contributed by atoms with Crippen molar-refractivity contribution in [1.29, 1.82) is 0 Å². The van der Waals surface area contributed by atoms with Gasteiger partial charge in [-0.2, -0.15) is 0 Å². The van der Waals surface area contributed by atoms with E-state index in [1.165, 1.54) is 38.5 Å². The maximum Gasteiger partial charge on any atom is 0.0120 e. The minimum absolute atomic E-state index is 0.829. The Balaban J connectivity index is 2.47. The van der Waals surface area contributed by atoms with Gasteiger partial charge in [-0.25, -0.2) is 0 Å². The third-order valence-electron chi connectivity index (χ3n) is 3.57. The van der Waals surface area contributed by atoms with Crippen LogP contribution in [0.3, 0.4) is 0 Å². The predicted octanol–water partition coefficient (Wildman–Crippen LogP) is 3.54. The summed E-state index contributed by atoms with van der Waals surface area (Å²) < 4.78 is 0. The fourth-order valence-corrected chi connectivity index (χ4v) is 2.83. The van der Waals surface area contributed by atoms with Gasteiger partial charge in [0.2, 0.25) is 0 Å². The van der Waals surface area contributed by atoms with E-state index in [-0.39, 0.29) is 0 Å². The maximum atomic E-state index is 2.45. The third kappa shape index (κ3) is 3.61. The fourth-order valence-electron chi connectivity index (χ4n) is 2.83. The van der Waals surface area contributed by atoms with Crippen molar-refractivity contribution in [1.82, 2.24) is 4.90 Å². The second-order valence-electron chi connectivity index (χ2n) is 5.56. The van der Waals surface area contributed by atoms with E-state index in [1.807, 2.05) is 0 Å². The Kier molecular flexibility index (Phi) is 4.94. The summed E-state index contributed by atoms with van der Waals surface area (Å²) in [5.74, 6) is 1.81. The molecule has 0 N–H and O–H groups in total. The molecule has 1 fully saturated rings. The van der Waals surface area contributed by atoms with Crippen LogP contribution >= 0.6 is 0 Å². The largest absolute Gasteiger partial charge is 0.306 e. The van der Waals surface area contributed by atoms with Gasteiger partial charge in [0, 0.05) is 6.04 Å². The Morgan fingerprint density at radius 1 is 1.07 bits per heavy atom. The molecule has 0 heterocycles. The lowest BCUT2D eigenvalue weighted by atomic mass is 9.80. The summed E-state index contributed by atoms with van der Waals surface area (Å²) in [4.78, 5) is 2.45. The van der Waals surface area contributed by atoms with E-state index in [9.17, 15) is 0 Å². The van der Waals surface area contributed by atoms with Crippen LogP contribution in [0.25, 0.3) is 0 Å². The molecule has 0 unspecified atom stereocenters. The minimum atomic E-state index is 0.829. The summed E-state index contributed by atoms with van der Waals surface area (Å²) in [5, 5.41) is 0. The zero-order valence-corrected chi connectivity index (χ0v) is 10.4. The first-order chi connectivity index (χ1) is 6.61. The van der Waals surface area contributed by atoms with Crippen molar-refractivity contribution in [3.05, 3.63) is 0 Å². The number of nitrogens with zero attached hydrogens (tertiary/aromatic N) is 1. The third-order valence-corrected chi connectivity index (χ3v) is 3.57. The SMILES string of the molecule is CC(C)C[C@@H](C1CCCCC1)N(C)C. The molecule has 1 rings (SSSR count). The Hall–Kier alpha value is -0.0400. The summed E-state index contributed by atoms with van der Waals surface area (Å²) in [6.07, 6.45) is 8.71. The summed E-state index contributed by atoms with van der Waals surface area (Å²) in [6, 6.07) is 0.829. The van der Waals surface area contributed by atoms with Crippen LogP contribution in [0.4, 0.5) is 0 Å². The predicted molar refractivity (Wildman–Crippen MR) is 63.5 cm³/mol. The minimum Gasteiger partial charge on any atom is -0.306 e. The quantitative estimate of drug-likeness (QED) is 0.666. The molecule has 1 aliphatic rings. The average molecular weight is 197 g/mol. The molecule has 1 atom stereocenters. The molecular formula is C13H27N. The first-order valence-corrected chi connectivity index (χ1v) is 6.27. The van der Waals surface area contributed by atoms with Gasteiger partial charge in [-0.15, -0.1) is 0 Å². The monoisotopic (exact) mass is 197 g/mol. The smallest absolute Gasteiger partial charge is 0.0120 e. The second kappa shape index (κ2) is 5.75. The van der Waals surface area contributed by atoms with Gasteiger partial charge in [0.25, 0.3) is 0 Å². The zero-order valence-electron chi connectivity index (χ0n) is 10.4. The number of hydrogen-bond acceptors (Lipinski definition) is 1. The van der Waals surface area contributed by atoms with Crippen LogP contribution in [0, 0.1) is 11.8 Å². The van der Waals surface area contributed by atoms with E-state index < -0.39 is 0 Å². The van der Waals surface area contributed by atoms with Crippen LogP contribution in [0.1, 0.15) is 52.4 Å². The van der Waals surface area contributed by atoms with E-state index in [2.05, 4.69) is 32.8 Å². The average Bonchev–Trinajstić information content (AvgIpc) is 2.15. The zero-order chi connectivity index (χ0) is 10.6. The van der Waals surface area contributed by atoms with Crippen molar-refractivity contribution in [2.24, 2.45) is 11.8 Å². The lowest BCUT2D eigenvalue weighted by Gasteiger charge is -2.36. The normalized spacial score (nSPS) is 21.9. The van der Waals surface area contributed by atoms with Crippen LogP contribution in [-0.2, 0) is 0 Å². The molecule has 14 heavy (non-hydrogen) atoms. The summed E-state index contributed by atoms with van der Waals surface area (Å²) >= 11 is 0. The van der Waals surface area contributed by atoms with Crippen molar-refractivity contribution in [3.8, 4) is 0 Å². The Morgan fingerprint density at radius 2 is 1.64 bits per heavy atom. The van der Waals surface area contributed by atoms with E-state index in [0.29, 0.717) is 0 Å². The first kappa shape index (κ1) is 12.0. The molecule has 0 bridgehead atoms. The molecular weight excluding hydrogens is 170 g/mol. The molecule has 0 spiro atoms. The molecule has 0 saturated heterocycles. The molecule has 0 aliphatic heterocycles. The lowest BCUT2D eigenvalue weighted by Crippen LogP contribution is -2.37. The topological polar surface area (TPSA) is 3.24 Å². The van der Waals surface area contributed by atoms with Crippen LogP contribution in [-0.4, -0.2) is 25.0 Å². The summed E-state index contributed by atoms with van der Waals surface area (Å²) in [7, 11) is 4.50. The Labute approximate surface area is 89.9 Å². The molecule has 0 aromatic carbocycles. The molecule has 1 aliphatic carbocycles. The first-order valence-electron chi connectivity index (χ1n) is 6.27. The van der Waals surface area contributed by atoms with Crippen molar-refractivity contribution < 1.29 is 0 Å². The summed E-state index contributed by atoms with van der Waals surface area (Å²) in [5.41, 5.74) is 0. The van der Waals surface area contributed by atoms with Gasteiger partial charge in [0.05, 0.1) is 0 Å². The van der Waals surface area contributed by atoms with Gasteiger partial charge in [-0.05, 0) is 45.2 Å². The van der Waals surface area contributed by atoms with Gasteiger partial charge in [-0.1, -0.05) is 33.1 Å². The molecule has 0 aromatic rings. The van der Waals surface area contributed by atoms with Crippen LogP contribution in [0.5, 0.6) is 0 Å². The van der Waals surface area contributed by atoms with Crippen LogP contribution in [0.15, 0.2) is 0 Å². The van der Waals surface area contributed by atoms with Crippen LogP contribution < -0.4 is 0 Å². The highest BCUT2D eigenvalue weighted by atomic mass is 15.1. The van der Waals surface area contributed by atoms with Crippen molar-refractivity contribution in [2.75, 3.05) is 14.1 Å². The standard InChI is InChI=1S/C13H27N/c1-11(2)10-13(14(3)4)12-8-6-5-7-9-12/h11-13H,5-10H2,1-4H3/t13-/m0/s1. The van der Waals surface area contributed by atoms with Gasteiger partial charge in [-0.3, -0.25) is 0 Å². The highest BCUT2D eigenvalue weighted by Crippen LogP contribution is 2.31. The Morgan fingerprint density at radius 3 is 2.07 bits per heavy atom. The maximum absolute atomic E-state index is 2.45. The lowest BCUT2D eigenvalue weighted by molar-refractivity contribution is 0.147. The molecule has 84 valence electrons. The van der Waals surface area contributed by atoms with E-state index in [1.54, 1.807) is 0 Å². The molecule has 0 radical (unpaired) electrons. The van der Waals surface area contributed by atoms with E-state index in [4.69, 9.17) is 0 Å². The van der Waals surface area contributed by atoms with Crippen molar-refractivity contribution >= 4 is 0 Å². The van der Waals surface area contributed by atoms with Crippen molar-refractivity contribution in [3.63, 3.8) is 0 Å². The second-order valence-corrected chi connectivity index (χ2v) is 5.56. The molecule has 0 amide bonds. The van der Waals surface area contributed by atoms with Gasteiger partial charge in [0.1, 0.15) is 0 Å². The van der Waals surface area contributed by atoms with Crippen LogP contribution in [0.2, 0.25) is 0 Å². The molecule has 1 heteroatoms. The number of rotatable bonds is 4. The molecule has 1 saturated carbocycles. The van der Waals surface area contributed by atoms with E-state index in [0.717, 1.165) is 17.9 Å². The van der Waals surface area contributed by atoms with Gasteiger partial charge < -0.3 is 4.90 Å². The molecule has 0 aromatic heterocycles. The van der Waals surface area contributed by atoms with Crippen molar-refractivity contribution in [2.45, 2.75) is 58.4 Å². The highest BCUT2D eigenvalue weighted by Gasteiger charge is 2.25. The Bertz CT molecular complexity index is 145. The van der Waals surface area contributed by atoms with E-state index >= 15 is 0 Å².